The van der Waals surface area contributed by atoms with Gasteiger partial charge in [0.1, 0.15) is 11.5 Å². The van der Waals surface area contributed by atoms with Crippen LogP contribution in [0.3, 0.4) is 0 Å². The number of Topliss-reactive ketones (excluding diaryl/α,β-unsaturated/α-hetero) is 1. The van der Waals surface area contributed by atoms with Gasteiger partial charge in [-0.3, -0.25) is 4.79 Å². The quantitative estimate of drug-likeness (QED) is 0.270. The number of methoxy groups -OCH3 is 1. The van der Waals surface area contributed by atoms with E-state index < -0.39 is 12.1 Å². The number of allylic oxidation sites excluding steroid dienone is 1. The van der Waals surface area contributed by atoms with Crippen LogP contribution in [0.5, 0.6) is 5.75 Å². The Morgan fingerprint density at radius 3 is 2.73 bits per heavy atom. The predicted octanol–water partition coefficient (Wildman–Crippen LogP) is 4.19. The molecule has 0 heterocycles. The summed E-state index contributed by atoms with van der Waals surface area (Å²) in [6, 6.07) is 7.99. The minimum atomic E-state index is -1.18. The molecule has 0 saturated heterocycles. The number of carbonyl (C=O) groups is 2. The van der Waals surface area contributed by atoms with Crippen molar-refractivity contribution in [1.82, 2.24) is 0 Å². The van der Waals surface area contributed by atoms with Gasteiger partial charge in [-0.05, 0) is 55.9 Å². The minimum absolute atomic E-state index is 0.0549. The van der Waals surface area contributed by atoms with Crippen molar-refractivity contribution in [2.75, 3.05) is 13.7 Å². The summed E-state index contributed by atoms with van der Waals surface area (Å²) < 4.78 is 10.2. The number of aryl methyl sites for hydroxylation is 1. The molecule has 0 spiro atoms. The highest BCUT2D eigenvalue weighted by atomic mass is 16.5. The number of aliphatic hydroxyl groups excluding tert-OH is 1. The number of ether oxygens (including phenoxy) is 2. The van der Waals surface area contributed by atoms with Crippen LogP contribution in [0.4, 0.5) is 0 Å². The highest BCUT2D eigenvalue weighted by Gasteiger charge is 2.37. The Morgan fingerprint density at radius 1 is 1.30 bits per heavy atom. The van der Waals surface area contributed by atoms with Gasteiger partial charge in [0.15, 0.2) is 6.10 Å². The lowest BCUT2D eigenvalue weighted by Crippen LogP contribution is -2.20. The summed E-state index contributed by atoms with van der Waals surface area (Å²) in [5.74, 6) is 0.946. The van der Waals surface area contributed by atoms with Crippen molar-refractivity contribution in [3.63, 3.8) is 0 Å². The van der Waals surface area contributed by atoms with Crippen LogP contribution in [0.1, 0.15) is 38.2 Å². The summed E-state index contributed by atoms with van der Waals surface area (Å²) in [4.78, 5) is 23.5. The number of benzene rings is 1. The second-order valence-electron chi connectivity index (χ2n) is 7.80. The normalized spacial score (nSPS) is 21.9. The van der Waals surface area contributed by atoms with E-state index in [-0.39, 0.29) is 24.0 Å². The van der Waals surface area contributed by atoms with Crippen LogP contribution in [0.25, 0.3) is 0 Å². The molecule has 30 heavy (non-hydrogen) atoms. The highest BCUT2D eigenvalue weighted by molar-refractivity contribution is 5.84. The van der Waals surface area contributed by atoms with Crippen LogP contribution in [0.15, 0.2) is 54.3 Å². The van der Waals surface area contributed by atoms with Gasteiger partial charge in [-0.25, -0.2) is 4.79 Å². The molecule has 4 atom stereocenters. The van der Waals surface area contributed by atoms with E-state index in [1.54, 1.807) is 6.08 Å². The van der Waals surface area contributed by atoms with Crippen molar-refractivity contribution < 1.29 is 24.2 Å². The van der Waals surface area contributed by atoms with E-state index in [9.17, 15) is 14.7 Å². The second kappa shape index (κ2) is 12.2. The van der Waals surface area contributed by atoms with Crippen LogP contribution in [-0.2, 0) is 14.3 Å². The first-order chi connectivity index (χ1) is 14.4. The summed E-state index contributed by atoms with van der Waals surface area (Å²) >= 11 is 0. The van der Waals surface area contributed by atoms with Gasteiger partial charge in [-0.2, -0.15) is 0 Å². The molecule has 1 N–H and O–H groups in total. The van der Waals surface area contributed by atoms with Crippen molar-refractivity contribution in [3.8, 4) is 5.75 Å². The van der Waals surface area contributed by atoms with E-state index in [1.807, 2.05) is 37.3 Å². The van der Waals surface area contributed by atoms with Gasteiger partial charge in [0.25, 0.3) is 0 Å². The molecule has 1 aromatic carbocycles. The Kier molecular flexibility index (Phi) is 9.59. The monoisotopic (exact) mass is 412 g/mol. The number of rotatable bonds is 10. The molecule has 5 nitrogen and oxygen atoms in total. The molecule has 1 fully saturated rings. The van der Waals surface area contributed by atoms with E-state index in [0.29, 0.717) is 25.4 Å². The lowest BCUT2D eigenvalue weighted by molar-refractivity contribution is -0.150. The summed E-state index contributed by atoms with van der Waals surface area (Å²) in [6.07, 6.45) is 8.61. The first-order valence-corrected chi connectivity index (χ1v) is 10.5. The molecule has 0 radical (unpaired) electrons. The van der Waals surface area contributed by atoms with Crippen molar-refractivity contribution in [1.29, 1.82) is 0 Å². The fourth-order valence-corrected chi connectivity index (χ4v) is 3.65. The Hall–Kier alpha value is -2.62. The van der Waals surface area contributed by atoms with Gasteiger partial charge < -0.3 is 14.6 Å². The molecule has 2 rings (SSSR count). The van der Waals surface area contributed by atoms with Crippen molar-refractivity contribution in [2.24, 2.45) is 17.8 Å². The Bertz CT molecular complexity index is 786. The smallest absolute Gasteiger partial charge is 0.335 e. The van der Waals surface area contributed by atoms with Crippen LogP contribution in [0, 0.1) is 24.7 Å². The SMILES string of the molecule is COC(=O)C(O)CC=C=CC[C@H]1C(=O)C[C@@H](C)[C@@H]1/C=C/CCOc1ccc(C)cc1. The topological polar surface area (TPSA) is 72.8 Å². The molecule has 1 aromatic rings. The number of ketones is 1. The minimum Gasteiger partial charge on any atom is -0.493 e. The Labute approximate surface area is 179 Å². The van der Waals surface area contributed by atoms with Crippen LogP contribution in [0.2, 0.25) is 0 Å². The summed E-state index contributed by atoms with van der Waals surface area (Å²) in [7, 11) is 1.24. The van der Waals surface area contributed by atoms with Crippen LogP contribution >= 0.6 is 0 Å². The van der Waals surface area contributed by atoms with Gasteiger partial charge in [-0.15, -0.1) is 5.73 Å². The standard InChI is InChI=1S/C25H32O5/c1-18-12-14-20(15-13-18)30-16-8-7-9-21-19(2)17-24(27)22(21)10-5-4-6-11-23(26)25(28)29-3/h5-7,9,12-15,19,21-23,26H,8,10-11,16-17H2,1-3H3/b9-7+/t4?,19-,21+,22-,23?/m1/s1. The maximum absolute atomic E-state index is 12.4. The fourth-order valence-electron chi connectivity index (χ4n) is 3.65. The largest absolute Gasteiger partial charge is 0.493 e. The first kappa shape index (κ1) is 23.7. The maximum Gasteiger partial charge on any atom is 0.335 e. The third-order valence-electron chi connectivity index (χ3n) is 5.41. The van der Waals surface area contributed by atoms with E-state index >= 15 is 0 Å². The summed E-state index contributed by atoms with van der Waals surface area (Å²) in [5, 5.41) is 9.54. The van der Waals surface area contributed by atoms with Gasteiger partial charge in [0.05, 0.1) is 13.7 Å². The predicted molar refractivity (Wildman–Crippen MR) is 116 cm³/mol. The molecule has 1 unspecified atom stereocenters. The molecule has 0 bridgehead atoms. The van der Waals surface area contributed by atoms with Gasteiger partial charge in [0, 0.05) is 18.8 Å². The molecule has 1 aliphatic carbocycles. The average Bonchev–Trinajstić information content (AvgIpc) is 3.00. The van der Waals surface area contributed by atoms with E-state index in [2.05, 4.69) is 29.5 Å². The number of hydrogen-bond donors (Lipinski definition) is 1. The zero-order valence-electron chi connectivity index (χ0n) is 18.0. The van der Waals surface area contributed by atoms with Crippen molar-refractivity contribution in [3.05, 3.63) is 59.9 Å². The zero-order chi connectivity index (χ0) is 21.9. The molecule has 0 amide bonds. The number of esters is 1. The first-order valence-electron chi connectivity index (χ1n) is 10.5. The molecule has 0 aliphatic heterocycles. The van der Waals surface area contributed by atoms with E-state index in [1.165, 1.54) is 12.7 Å². The average molecular weight is 413 g/mol. The summed E-state index contributed by atoms with van der Waals surface area (Å²) in [6.45, 7) is 4.76. The van der Waals surface area contributed by atoms with Crippen molar-refractivity contribution in [2.45, 2.75) is 45.6 Å². The van der Waals surface area contributed by atoms with Gasteiger partial charge in [-0.1, -0.05) is 36.8 Å². The molecule has 162 valence electrons. The van der Waals surface area contributed by atoms with Crippen molar-refractivity contribution >= 4 is 11.8 Å². The molecule has 1 saturated carbocycles. The summed E-state index contributed by atoms with van der Waals surface area (Å²) in [5.41, 5.74) is 4.17. The molecule has 1 aliphatic rings. The maximum atomic E-state index is 12.4. The molecule has 0 aromatic heterocycles. The van der Waals surface area contributed by atoms with Crippen LogP contribution in [-0.4, -0.2) is 36.7 Å². The number of aliphatic hydroxyl groups is 1. The number of hydrogen-bond acceptors (Lipinski definition) is 5. The third-order valence-corrected chi connectivity index (χ3v) is 5.41. The second-order valence-corrected chi connectivity index (χ2v) is 7.80. The van der Waals surface area contributed by atoms with Gasteiger partial charge >= 0.3 is 5.97 Å². The Morgan fingerprint density at radius 2 is 2.03 bits per heavy atom. The zero-order valence-corrected chi connectivity index (χ0v) is 18.0. The molecular weight excluding hydrogens is 380 g/mol. The van der Waals surface area contributed by atoms with Gasteiger partial charge in [0.2, 0.25) is 0 Å². The lowest BCUT2D eigenvalue weighted by atomic mass is 9.87. The molecule has 5 heteroatoms. The fraction of sp³-hybridized carbons (Fsp3) is 0.480. The third kappa shape index (κ3) is 7.33. The van der Waals surface area contributed by atoms with E-state index in [0.717, 1.165) is 12.2 Å². The number of carbonyl (C=O) groups excluding carboxylic acids is 2. The van der Waals surface area contributed by atoms with Crippen LogP contribution < -0.4 is 4.74 Å². The lowest BCUT2D eigenvalue weighted by Gasteiger charge is -2.16. The highest BCUT2D eigenvalue weighted by Crippen LogP contribution is 2.37. The Balaban J connectivity index is 1.82. The molecular formula is C25H32O5. The van der Waals surface area contributed by atoms with E-state index in [4.69, 9.17) is 4.74 Å².